The minimum Gasteiger partial charge on any atom is -0.494 e. The summed E-state index contributed by atoms with van der Waals surface area (Å²) < 4.78 is 0. The number of thiophene rings is 1. The highest BCUT2D eigenvalue weighted by atomic mass is 32.1. The predicted molar refractivity (Wildman–Crippen MR) is 176 cm³/mol. The first-order valence-corrected chi connectivity index (χ1v) is 15.7. The molecule has 43 heavy (non-hydrogen) atoms. The molecule has 8 heteroatoms. The number of aromatic hydroxyl groups is 1. The van der Waals surface area contributed by atoms with Gasteiger partial charge in [-0.1, -0.05) is 49.4 Å². The normalized spacial score (nSPS) is 15.5. The average molecular weight is 592 g/mol. The van der Waals surface area contributed by atoms with E-state index in [0.29, 0.717) is 16.8 Å². The van der Waals surface area contributed by atoms with Gasteiger partial charge < -0.3 is 20.3 Å². The molecule has 1 aliphatic rings. The number of hydrogen-bond donors (Lipinski definition) is 3. The van der Waals surface area contributed by atoms with Crippen LogP contribution in [-0.4, -0.2) is 64.7 Å². The number of amides is 1. The smallest absolute Gasteiger partial charge is 0.251 e. The van der Waals surface area contributed by atoms with Gasteiger partial charge in [-0.3, -0.25) is 9.69 Å². The Morgan fingerprint density at radius 3 is 2.47 bits per heavy atom. The molecule has 0 unspecified atom stereocenters. The molecule has 0 bridgehead atoms. The van der Waals surface area contributed by atoms with Crippen LogP contribution in [0.15, 0.2) is 94.6 Å². The van der Waals surface area contributed by atoms with Crippen LogP contribution < -0.4 is 5.32 Å². The Balaban J connectivity index is 1.31. The molecule has 1 fully saturated rings. The van der Waals surface area contributed by atoms with Crippen LogP contribution in [0, 0.1) is 0 Å². The number of hydrogen-bond acceptors (Lipinski definition) is 6. The third kappa shape index (κ3) is 6.57. The third-order valence-corrected chi connectivity index (χ3v) is 8.85. The van der Waals surface area contributed by atoms with E-state index in [4.69, 9.17) is 4.99 Å². The number of rotatable bonds is 9. The van der Waals surface area contributed by atoms with Gasteiger partial charge in [-0.25, -0.2) is 4.99 Å². The van der Waals surface area contributed by atoms with E-state index in [9.17, 15) is 9.90 Å². The second-order valence-corrected chi connectivity index (χ2v) is 12.0. The average Bonchev–Trinajstić information content (AvgIpc) is 3.68. The van der Waals surface area contributed by atoms with Crippen molar-refractivity contribution in [3.63, 3.8) is 0 Å². The van der Waals surface area contributed by atoms with E-state index in [-0.39, 0.29) is 17.8 Å². The van der Waals surface area contributed by atoms with Crippen molar-refractivity contribution in [2.24, 2.45) is 4.99 Å². The molecule has 0 aliphatic carbocycles. The largest absolute Gasteiger partial charge is 0.494 e. The number of aromatic amines is 1. The number of fused-ring (bicyclic) bond motifs is 1. The van der Waals surface area contributed by atoms with Crippen molar-refractivity contribution in [1.82, 2.24) is 20.1 Å². The summed E-state index contributed by atoms with van der Waals surface area (Å²) in [5, 5.41) is 19.1. The lowest BCUT2D eigenvalue weighted by Gasteiger charge is -2.32. The maximum Gasteiger partial charge on any atom is 0.251 e. The molecule has 0 radical (unpaired) electrons. The van der Waals surface area contributed by atoms with Gasteiger partial charge in [-0.15, -0.1) is 0 Å². The van der Waals surface area contributed by atoms with Crippen molar-refractivity contribution < 1.29 is 9.90 Å². The van der Waals surface area contributed by atoms with Gasteiger partial charge in [0.05, 0.1) is 23.0 Å². The van der Waals surface area contributed by atoms with Crippen LogP contribution in [0.2, 0.25) is 0 Å². The lowest BCUT2D eigenvalue weighted by molar-refractivity contribution is 0.0935. The summed E-state index contributed by atoms with van der Waals surface area (Å²) in [4.78, 5) is 26.4. The van der Waals surface area contributed by atoms with Crippen molar-refractivity contribution in [2.75, 3.05) is 33.2 Å². The van der Waals surface area contributed by atoms with Gasteiger partial charge in [0.15, 0.2) is 5.88 Å². The molecule has 3 N–H and O–H groups in total. The highest BCUT2D eigenvalue weighted by molar-refractivity contribution is 7.08. The summed E-state index contributed by atoms with van der Waals surface area (Å²) in [7, 11) is 2.17. The Labute approximate surface area is 256 Å². The van der Waals surface area contributed by atoms with Crippen LogP contribution in [0.5, 0.6) is 5.88 Å². The molecule has 2 aromatic heterocycles. The Morgan fingerprint density at radius 1 is 1.00 bits per heavy atom. The van der Waals surface area contributed by atoms with E-state index in [1.807, 2.05) is 71.4 Å². The zero-order valence-corrected chi connectivity index (χ0v) is 25.4. The predicted octanol–water partition coefficient (Wildman–Crippen LogP) is 6.73. The monoisotopic (exact) mass is 591 g/mol. The first kappa shape index (κ1) is 28.9. The maximum absolute atomic E-state index is 13.4. The molecular weight excluding hydrogens is 554 g/mol. The molecule has 0 spiro atoms. The Kier molecular flexibility index (Phi) is 8.69. The van der Waals surface area contributed by atoms with Crippen LogP contribution in [0.3, 0.4) is 0 Å². The Morgan fingerprint density at radius 2 is 1.77 bits per heavy atom. The molecule has 1 aliphatic heterocycles. The van der Waals surface area contributed by atoms with Crippen LogP contribution >= 0.6 is 11.3 Å². The second kappa shape index (κ2) is 13.0. The van der Waals surface area contributed by atoms with Crippen molar-refractivity contribution >= 4 is 39.5 Å². The molecule has 6 rings (SSSR count). The van der Waals surface area contributed by atoms with Gasteiger partial charge in [0.1, 0.15) is 0 Å². The molecule has 5 aromatic rings. The number of nitrogens with zero attached hydrogens (tertiary/aromatic N) is 3. The zero-order valence-electron chi connectivity index (χ0n) is 24.6. The van der Waals surface area contributed by atoms with Gasteiger partial charge in [-0.2, -0.15) is 11.3 Å². The molecule has 1 saturated heterocycles. The summed E-state index contributed by atoms with van der Waals surface area (Å²) in [5.74, 6) is -0.130. The molecule has 3 heterocycles. The lowest BCUT2D eigenvalue weighted by atomic mass is 10.0. The van der Waals surface area contributed by atoms with E-state index < -0.39 is 0 Å². The van der Waals surface area contributed by atoms with E-state index >= 15 is 0 Å². The van der Waals surface area contributed by atoms with E-state index in [1.165, 1.54) is 5.56 Å². The minimum atomic E-state index is -0.158. The number of piperazine rings is 1. The summed E-state index contributed by atoms with van der Waals surface area (Å²) in [6.45, 7) is 7.32. The first-order chi connectivity index (χ1) is 21.0. The lowest BCUT2D eigenvalue weighted by Crippen LogP contribution is -2.43. The van der Waals surface area contributed by atoms with Crippen molar-refractivity contribution in [1.29, 1.82) is 0 Å². The fourth-order valence-corrected chi connectivity index (χ4v) is 6.28. The second-order valence-electron chi connectivity index (χ2n) is 11.2. The van der Waals surface area contributed by atoms with Gasteiger partial charge >= 0.3 is 0 Å². The number of H-pyrrole nitrogens is 1. The summed E-state index contributed by atoms with van der Waals surface area (Å²) >= 11 is 1.58. The van der Waals surface area contributed by atoms with E-state index in [2.05, 4.69) is 46.2 Å². The first-order valence-electron chi connectivity index (χ1n) is 14.8. The maximum atomic E-state index is 13.4. The van der Waals surface area contributed by atoms with Crippen LogP contribution in [-0.2, 0) is 6.54 Å². The SMILES string of the molecule is CC[C@@H](NC(=O)c1ccc2[nH]c(O)c(C(=Nc3ccc(CN4CCN(C)CC4)cc3)c3ccsc3)c2c1)c1ccccc1. The van der Waals surface area contributed by atoms with Gasteiger partial charge in [0.25, 0.3) is 5.91 Å². The third-order valence-electron chi connectivity index (χ3n) is 8.17. The number of aliphatic imine (C=N–C) groups is 1. The fraction of sp³-hybridized carbons (Fsp3) is 0.257. The topological polar surface area (TPSA) is 84.0 Å². The fourth-order valence-electron chi connectivity index (χ4n) is 5.64. The zero-order chi connectivity index (χ0) is 29.8. The summed E-state index contributed by atoms with van der Waals surface area (Å²) in [5.41, 5.74) is 6.55. The number of likely N-dealkylation sites (N-methyl/N-ethyl adjacent to an activating group) is 1. The Hall–Kier alpha value is -4.24. The van der Waals surface area contributed by atoms with E-state index in [1.54, 1.807) is 17.4 Å². The number of carbonyl (C=O) groups excluding carboxylic acids is 1. The highest BCUT2D eigenvalue weighted by Crippen LogP contribution is 2.33. The minimum absolute atomic E-state index is 0.0277. The molecule has 1 atom stereocenters. The van der Waals surface area contributed by atoms with Crippen LogP contribution in [0.4, 0.5) is 5.69 Å². The molecule has 1 amide bonds. The Bertz CT molecular complexity index is 1700. The molecule has 3 aromatic carbocycles. The standard InChI is InChI=1S/C35H37N5O2S/c1-3-30(25-7-5-4-6-8-25)37-34(41)26-11-14-31-29(21-26)32(35(42)38-31)33(27-15-20-43-23-27)36-28-12-9-24(10-13-28)22-40-18-16-39(2)17-19-40/h4-15,20-21,23,30,38,42H,3,16-19,22H2,1-2H3,(H,37,41)/t30-/m1/s1. The summed E-state index contributed by atoms with van der Waals surface area (Å²) in [6, 6.07) is 25.7. The van der Waals surface area contributed by atoms with Gasteiger partial charge in [0, 0.05) is 60.1 Å². The number of benzene rings is 3. The number of carbonyl (C=O) groups is 1. The van der Waals surface area contributed by atoms with Gasteiger partial charge in [0.2, 0.25) is 0 Å². The van der Waals surface area contributed by atoms with Gasteiger partial charge in [-0.05, 0) is 66.4 Å². The molecule has 220 valence electrons. The highest BCUT2D eigenvalue weighted by Gasteiger charge is 2.22. The quantitative estimate of drug-likeness (QED) is 0.166. The van der Waals surface area contributed by atoms with Crippen molar-refractivity contribution in [3.8, 4) is 5.88 Å². The van der Waals surface area contributed by atoms with Crippen molar-refractivity contribution in [3.05, 3.63) is 117 Å². The van der Waals surface area contributed by atoms with E-state index in [0.717, 1.165) is 66.9 Å². The number of nitrogens with one attached hydrogen (secondary N) is 2. The van der Waals surface area contributed by atoms with Crippen LogP contribution in [0.25, 0.3) is 10.9 Å². The van der Waals surface area contributed by atoms with Crippen LogP contribution in [0.1, 0.15) is 52.0 Å². The molecular formula is C35H37N5O2S. The molecule has 0 saturated carbocycles. The van der Waals surface area contributed by atoms with Crippen molar-refractivity contribution in [2.45, 2.75) is 25.9 Å². The summed E-state index contributed by atoms with van der Waals surface area (Å²) in [6.07, 6.45) is 0.775. The molecule has 7 nitrogen and oxygen atoms in total. The number of aromatic nitrogens is 1.